The molecule has 0 spiro atoms. The summed E-state index contributed by atoms with van der Waals surface area (Å²) in [6, 6.07) is 16.6. The van der Waals surface area contributed by atoms with E-state index in [2.05, 4.69) is 64.1 Å². The molecule has 5 heteroatoms. The first-order valence-electron chi connectivity index (χ1n) is 6.90. The van der Waals surface area contributed by atoms with Gasteiger partial charge in [-0.25, -0.2) is 0 Å². The lowest BCUT2D eigenvalue weighted by molar-refractivity contribution is 0.874. The van der Waals surface area contributed by atoms with E-state index >= 15 is 0 Å². The largest absolute Gasteiger partial charge is 0.378 e. The van der Waals surface area contributed by atoms with Gasteiger partial charge in [-0.15, -0.1) is 10.2 Å². The van der Waals surface area contributed by atoms with Crippen LogP contribution in [0.4, 0.5) is 5.69 Å². The summed E-state index contributed by atoms with van der Waals surface area (Å²) in [5.41, 5.74) is 4.55. The second kappa shape index (κ2) is 5.75. The third-order valence-electron chi connectivity index (χ3n) is 3.50. The maximum atomic E-state index is 4.00. The van der Waals surface area contributed by atoms with Crippen LogP contribution in [0.2, 0.25) is 0 Å². The van der Waals surface area contributed by atoms with Crippen LogP contribution in [0, 0.1) is 6.92 Å². The Morgan fingerprint density at radius 3 is 2.71 bits per heavy atom. The molecule has 3 rings (SSSR count). The van der Waals surface area contributed by atoms with Crippen molar-refractivity contribution in [2.24, 2.45) is 0 Å². The van der Waals surface area contributed by atoms with Gasteiger partial charge in [-0.3, -0.25) is 0 Å². The third kappa shape index (κ3) is 2.91. The van der Waals surface area contributed by atoms with Gasteiger partial charge in [-0.05, 0) is 42.3 Å². The Morgan fingerprint density at radius 1 is 1.10 bits per heavy atom. The van der Waals surface area contributed by atoms with Gasteiger partial charge in [0.25, 0.3) is 0 Å². The van der Waals surface area contributed by atoms with Crippen molar-refractivity contribution in [3.63, 3.8) is 0 Å². The molecule has 0 saturated heterocycles. The monoisotopic (exact) mass is 279 g/mol. The molecule has 5 nitrogen and oxygen atoms in total. The zero-order valence-electron chi connectivity index (χ0n) is 12.0. The fourth-order valence-corrected chi connectivity index (χ4v) is 2.43. The lowest BCUT2D eigenvalue weighted by Crippen LogP contribution is -2.08. The first-order valence-corrected chi connectivity index (χ1v) is 6.90. The van der Waals surface area contributed by atoms with Crippen molar-refractivity contribution in [3.05, 3.63) is 59.7 Å². The minimum Gasteiger partial charge on any atom is -0.378 e. The van der Waals surface area contributed by atoms with E-state index in [1.54, 1.807) is 0 Å². The Balaban J connectivity index is 1.82. The summed E-state index contributed by atoms with van der Waals surface area (Å²) in [6.07, 6.45) is 0. The number of benzene rings is 2. The molecule has 0 radical (unpaired) electrons. The Labute approximate surface area is 123 Å². The topological polar surface area (TPSA) is 66.5 Å². The summed E-state index contributed by atoms with van der Waals surface area (Å²) >= 11 is 0. The van der Waals surface area contributed by atoms with Crippen LogP contribution in [0.25, 0.3) is 11.4 Å². The number of H-pyrrole nitrogens is 1. The molecule has 1 atom stereocenters. The minimum absolute atomic E-state index is 0.228. The second-order valence-electron chi connectivity index (χ2n) is 5.04. The molecule has 0 bridgehead atoms. The summed E-state index contributed by atoms with van der Waals surface area (Å²) in [5.74, 6) is 0.599. The van der Waals surface area contributed by atoms with Gasteiger partial charge in [-0.1, -0.05) is 36.4 Å². The second-order valence-corrected chi connectivity index (χ2v) is 5.04. The average molecular weight is 279 g/mol. The van der Waals surface area contributed by atoms with E-state index < -0.39 is 0 Å². The van der Waals surface area contributed by atoms with Crippen molar-refractivity contribution in [1.29, 1.82) is 0 Å². The summed E-state index contributed by atoms with van der Waals surface area (Å²) < 4.78 is 0. The molecule has 1 unspecified atom stereocenters. The summed E-state index contributed by atoms with van der Waals surface area (Å²) in [5, 5.41) is 17.6. The molecule has 3 aromatic rings. The lowest BCUT2D eigenvalue weighted by Gasteiger charge is -2.18. The van der Waals surface area contributed by atoms with Gasteiger partial charge in [0.2, 0.25) is 5.82 Å². The van der Waals surface area contributed by atoms with Crippen molar-refractivity contribution in [2.75, 3.05) is 5.32 Å². The molecule has 1 aromatic heterocycles. The van der Waals surface area contributed by atoms with Crippen LogP contribution in [0.3, 0.4) is 0 Å². The van der Waals surface area contributed by atoms with E-state index in [-0.39, 0.29) is 6.04 Å². The molecular weight excluding hydrogens is 262 g/mol. The number of hydrogen-bond donors (Lipinski definition) is 2. The van der Waals surface area contributed by atoms with Crippen LogP contribution < -0.4 is 5.32 Å². The number of aromatic amines is 1. The quantitative estimate of drug-likeness (QED) is 0.768. The summed E-state index contributed by atoms with van der Waals surface area (Å²) in [4.78, 5) is 0. The molecule has 0 aliphatic rings. The highest BCUT2D eigenvalue weighted by molar-refractivity contribution is 5.62. The smallest absolute Gasteiger partial charge is 0.204 e. The maximum Gasteiger partial charge on any atom is 0.204 e. The number of anilines is 1. The van der Waals surface area contributed by atoms with Crippen molar-refractivity contribution >= 4 is 5.69 Å². The van der Waals surface area contributed by atoms with Gasteiger partial charge in [0, 0.05) is 17.3 Å². The average Bonchev–Trinajstić information content (AvgIpc) is 3.02. The van der Waals surface area contributed by atoms with Crippen LogP contribution in [0.1, 0.15) is 24.1 Å². The molecule has 21 heavy (non-hydrogen) atoms. The molecule has 106 valence electrons. The zero-order chi connectivity index (χ0) is 14.7. The van der Waals surface area contributed by atoms with E-state index in [1.165, 1.54) is 11.1 Å². The van der Waals surface area contributed by atoms with Gasteiger partial charge < -0.3 is 5.32 Å². The van der Waals surface area contributed by atoms with Crippen LogP contribution in [0.15, 0.2) is 48.5 Å². The number of nitrogens with zero attached hydrogens (tertiary/aromatic N) is 3. The van der Waals surface area contributed by atoms with Crippen molar-refractivity contribution < 1.29 is 0 Å². The predicted octanol–water partition coefficient (Wildman–Crippen LogP) is 3.35. The fraction of sp³-hybridized carbons (Fsp3) is 0.188. The number of rotatable bonds is 4. The molecule has 2 N–H and O–H groups in total. The highest BCUT2D eigenvalue weighted by Crippen LogP contribution is 2.24. The van der Waals surface area contributed by atoms with Gasteiger partial charge >= 0.3 is 0 Å². The number of hydrogen-bond acceptors (Lipinski definition) is 4. The predicted molar refractivity (Wildman–Crippen MR) is 82.8 cm³/mol. The van der Waals surface area contributed by atoms with Crippen LogP contribution in [-0.4, -0.2) is 20.6 Å². The molecular formula is C16H17N5. The van der Waals surface area contributed by atoms with Crippen molar-refractivity contribution in [1.82, 2.24) is 20.6 Å². The Morgan fingerprint density at radius 2 is 1.95 bits per heavy atom. The SMILES string of the molecule is Cc1ccccc1C(C)Nc1cccc(-c2nn[nH]n2)c1. The first kappa shape index (κ1) is 13.3. The molecule has 0 aliphatic heterocycles. The summed E-state index contributed by atoms with van der Waals surface area (Å²) in [6.45, 7) is 4.28. The number of nitrogens with one attached hydrogen (secondary N) is 2. The Bertz CT molecular complexity index is 721. The van der Waals surface area contributed by atoms with Gasteiger partial charge in [0.15, 0.2) is 0 Å². The Hall–Kier alpha value is -2.69. The van der Waals surface area contributed by atoms with Gasteiger partial charge in [-0.2, -0.15) is 5.21 Å². The molecule has 2 aromatic carbocycles. The van der Waals surface area contributed by atoms with E-state index in [9.17, 15) is 0 Å². The van der Waals surface area contributed by atoms with Crippen molar-refractivity contribution in [2.45, 2.75) is 19.9 Å². The highest BCUT2D eigenvalue weighted by atomic mass is 15.5. The molecule has 0 amide bonds. The normalized spacial score (nSPS) is 12.1. The highest BCUT2D eigenvalue weighted by Gasteiger charge is 2.09. The van der Waals surface area contributed by atoms with Crippen LogP contribution >= 0.6 is 0 Å². The lowest BCUT2D eigenvalue weighted by atomic mass is 10.0. The maximum absolute atomic E-state index is 4.00. The summed E-state index contributed by atoms with van der Waals surface area (Å²) in [7, 11) is 0. The molecule has 0 saturated carbocycles. The Kier molecular flexibility index (Phi) is 3.64. The van der Waals surface area contributed by atoms with E-state index in [4.69, 9.17) is 0 Å². The first-order chi connectivity index (χ1) is 10.2. The fourth-order valence-electron chi connectivity index (χ4n) is 2.43. The molecule has 0 fully saturated rings. The van der Waals surface area contributed by atoms with Gasteiger partial charge in [0.1, 0.15) is 0 Å². The van der Waals surface area contributed by atoms with Crippen LogP contribution in [-0.2, 0) is 0 Å². The third-order valence-corrected chi connectivity index (χ3v) is 3.50. The minimum atomic E-state index is 0.228. The van der Waals surface area contributed by atoms with Crippen molar-refractivity contribution in [3.8, 4) is 11.4 Å². The number of tetrazole rings is 1. The molecule has 1 heterocycles. The number of aromatic nitrogens is 4. The standard InChI is InChI=1S/C16H17N5/c1-11-6-3-4-9-15(11)12(2)17-14-8-5-7-13(10-14)16-18-20-21-19-16/h3-10,12,17H,1-2H3,(H,18,19,20,21). The van der Waals surface area contributed by atoms with E-state index in [0.717, 1.165) is 11.3 Å². The van der Waals surface area contributed by atoms with Gasteiger partial charge in [0.05, 0.1) is 0 Å². The van der Waals surface area contributed by atoms with E-state index in [1.807, 2.05) is 24.3 Å². The van der Waals surface area contributed by atoms with Crippen LogP contribution in [0.5, 0.6) is 0 Å². The number of aryl methyl sites for hydroxylation is 1. The zero-order valence-corrected chi connectivity index (χ0v) is 12.0. The van der Waals surface area contributed by atoms with E-state index in [0.29, 0.717) is 5.82 Å². The molecule has 0 aliphatic carbocycles.